The average Bonchev–Trinajstić information content (AvgIpc) is 2.23. The SMILES string of the molecule is C=C(C)NC(C)C(C)C(=C)/N=C\C(C)=C/C. The summed E-state index contributed by atoms with van der Waals surface area (Å²) < 4.78 is 0. The molecule has 0 radical (unpaired) electrons. The summed E-state index contributed by atoms with van der Waals surface area (Å²) in [6, 6.07) is 0.299. The van der Waals surface area contributed by atoms with E-state index >= 15 is 0 Å². The van der Waals surface area contributed by atoms with E-state index in [0.717, 1.165) is 17.0 Å². The molecule has 2 heteroatoms. The summed E-state index contributed by atoms with van der Waals surface area (Å²) in [5, 5.41) is 3.28. The van der Waals surface area contributed by atoms with Crippen LogP contribution in [0.1, 0.15) is 34.6 Å². The van der Waals surface area contributed by atoms with E-state index in [9.17, 15) is 0 Å². The van der Waals surface area contributed by atoms with Gasteiger partial charge in [0.15, 0.2) is 0 Å². The number of aliphatic imine (C=N–C) groups is 1. The van der Waals surface area contributed by atoms with Gasteiger partial charge in [-0.2, -0.15) is 0 Å². The highest BCUT2D eigenvalue weighted by atomic mass is 14.9. The van der Waals surface area contributed by atoms with Gasteiger partial charge in [-0.3, -0.25) is 4.99 Å². The number of nitrogens with zero attached hydrogens (tertiary/aromatic N) is 1. The summed E-state index contributed by atoms with van der Waals surface area (Å²) in [6.45, 7) is 18.0. The fourth-order valence-electron chi connectivity index (χ4n) is 1.18. The Kier molecular flexibility index (Phi) is 6.47. The molecule has 0 heterocycles. The zero-order chi connectivity index (χ0) is 12.7. The highest BCUT2D eigenvalue weighted by Gasteiger charge is 2.13. The minimum absolute atomic E-state index is 0.289. The molecule has 0 aromatic carbocycles. The standard InChI is InChI=1S/C14H24N2/c1-8-11(4)9-15-13(6)12(5)14(7)16-10(2)3/h8-9,12,14,16H,2,6H2,1,3-5,7H3/b11-8-,15-9-. The summed E-state index contributed by atoms with van der Waals surface area (Å²) in [6.07, 6.45) is 3.88. The molecule has 2 nitrogen and oxygen atoms in total. The molecule has 0 aliphatic rings. The first-order valence-electron chi connectivity index (χ1n) is 5.66. The van der Waals surface area contributed by atoms with Crippen molar-refractivity contribution in [3.05, 3.63) is 36.2 Å². The molecule has 0 aliphatic carbocycles. The second kappa shape index (κ2) is 7.04. The largest absolute Gasteiger partial charge is 0.386 e. The Balaban J connectivity index is 4.39. The fourth-order valence-corrected chi connectivity index (χ4v) is 1.18. The summed E-state index contributed by atoms with van der Waals surface area (Å²) in [5.41, 5.74) is 3.01. The topological polar surface area (TPSA) is 24.4 Å². The van der Waals surface area contributed by atoms with Crippen molar-refractivity contribution in [3.63, 3.8) is 0 Å². The van der Waals surface area contributed by atoms with E-state index in [1.54, 1.807) is 0 Å². The van der Waals surface area contributed by atoms with Crippen molar-refractivity contribution in [2.45, 2.75) is 40.7 Å². The van der Waals surface area contributed by atoms with Crippen molar-refractivity contribution in [3.8, 4) is 0 Å². The molecule has 0 rings (SSSR count). The maximum Gasteiger partial charge on any atom is 0.0380 e. The van der Waals surface area contributed by atoms with E-state index in [-0.39, 0.29) is 5.92 Å². The van der Waals surface area contributed by atoms with Gasteiger partial charge in [-0.15, -0.1) is 0 Å². The van der Waals surface area contributed by atoms with Crippen molar-refractivity contribution < 1.29 is 0 Å². The minimum atomic E-state index is 0.289. The Bertz CT molecular complexity index is 311. The van der Waals surface area contributed by atoms with E-state index < -0.39 is 0 Å². The monoisotopic (exact) mass is 220 g/mol. The zero-order valence-corrected chi connectivity index (χ0v) is 11.2. The van der Waals surface area contributed by atoms with Gasteiger partial charge < -0.3 is 5.32 Å². The van der Waals surface area contributed by atoms with Crippen molar-refractivity contribution >= 4 is 6.21 Å². The number of allylic oxidation sites excluding steroid dienone is 3. The second-order valence-electron chi connectivity index (χ2n) is 4.28. The van der Waals surface area contributed by atoms with E-state index in [2.05, 4.69) is 37.3 Å². The lowest BCUT2D eigenvalue weighted by atomic mass is 10.0. The van der Waals surface area contributed by atoms with Crippen LogP contribution in [0.4, 0.5) is 0 Å². The highest BCUT2D eigenvalue weighted by molar-refractivity contribution is 5.78. The molecular weight excluding hydrogens is 196 g/mol. The third kappa shape index (κ3) is 5.54. The molecule has 0 aromatic heterocycles. The van der Waals surface area contributed by atoms with Gasteiger partial charge in [0.25, 0.3) is 0 Å². The molecule has 0 saturated carbocycles. The van der Waals surface area contributed by atoms with Crippen LogP contribution >= 0.6 is 0 Å². The van der Waals surface area contributed by atoms with Crippen LogP contribution in [-0.2, 0) is 0 Å². The molecule has 2 atom stereocenters. The predicted octanol–water partition coefficient (Wildman–Crippen LogP) is 3.68. The quantitative estimate of drug-likeness (QED) is 0.678. The third-order valence-electron chi connectivity index (χ3n) is 2.64. The van der Waals surface area contributed by atoms with Gasteiger partial charge in [0.2, 0.25) is 0 Å². The van der Waals surface area contributed by atoms with E-state index in [1.165, 1.54) is 0 Å². The van der Waals surface area contributed by atoms with Crippen LogP contribution in [0.2, 0.25) is 0 Å². The van der Waals surface area contributed by atoms with Gasteiger partial charge in [-0.25, -0.2) is 0 Å². The lowest BCUT2D eigenvalue weighted by molar-refractivity contribution is 0.480. The van der Waals surface area contributed by atoms with Crippen LogP contribution in [0.15, 0.2) is 41.2 Å². The van der Waals surface area contributed by atoms with Crippen LogP contribution in [0.3, 0.4) is 0 Å². The van der Waals surface area contributed by atoms with Crippen LogP contribution in [-0.4, -0.2) is 12.3 Å². The lowest BCUT2D eigenvalue weighted by Crippen LogP contribution is -2.31. The van der Waals surface area contributed by atoms with Gasteiger partial charge in [-0.1, -0.05) is 26.2 Å². The molecular formula is C14H24N2. The maximum atomic E-state index is 4.37. The van der Waals surface area contributed by atoms with Crippen LogP contribution in [0.5, 0.6) is 0 Å². The third-order valence-corrected chi connectivity index (χ3v) is 2.64. The first-order chi connectivity index (χ1) is 7.38. The maximum absolute atomic E-state index is 4.37. The van der Waals surface area contributed by atoms with E-state index in [4.69, 9.17) is 0 Å². The average molecular weight is 220 g/mol. The van der Waals surface area contributed by atoms with E-state index in [1.807, 2.05) is 33.1 Å². The van der Waals surface area contributed by atoms with Crippen LogP contribution < -0.4 is 5.32 Å². The van der Waals surface area contributed by atoms with E-state index in [0.29, 0.717) is 6.04 Å². The number of nitrogens with one attached hydrogen (secondary N) is 1. The van der Waals surface area contributed by atoms with Crippen molar-refractivity contribution in [2.24, 2.45) is 10.9 Å². The Morgan fingerprint density at radius 2 is 1.81 bits per heavy atom. The van der Waals surface area contributed by atoms with Gasteiger partial charge in [0.05, 0.1) is 0 Å². The zero-order valence-electron chi connectivity index (χ0n) is 11.2. The number of rotatable bonds is 6. The summed E-state index contributed by atoms with van der Waals surface area (Å²) >= 11 is 0. The molecule has 0 amide bonds. The summed E-state index contributed by atoms with van der Waals surface area (Å²) in [4.78, 5) is 4.37. The normalized spacial score (nSPS) is 15.9. The Morgan fingerprint density at radius 3 is 2.25 bits per heavy atom. The van der Waals surface area contributed by atoms with Crippen LogP contribution in [0.25, 0.3) is 0 Å². The summed E-state index contributed by atoms with van der Waals surface area (Å²) in [5.74, 6) is 0.289. The minimum Gasteiger partial charge on any atom is -0.386 e. The van der Waals surface area contributed by atoms with Gasteiger partial charge in [0, 0.05) is 29.6 Å². The Morgan fingerprint density at radius 1 is 1.25 bits per heavy atom. The Labute approximate surface area is 99.9 Å². The first kappa shape index (κ1) is 14.7. The molecule has 0 fully saturated rings. The van der Waals surface area contributed by atoms with Crippen molar-refractivity contribution in [1.82, 2.24) is 5.32 Å². The molecule has 2 unspecified atom stereocenters. The molecule has 0 aliphatic heterocycles. The van der Waals surface area contributed by atoms with Gasteiger partial charge >= 0.3 is 0 Å². The molecule has 1 N–H and O–H groups in total. The van der Waals surface area contributed by atoms with Crippen molar-refractivity contribution in [2.75, 3.05) is 0 Å². The van der Waals surface area contributed by atoms with Gasteiger partial charge in [-0.05, 0) is 33.3 Å². The molecule has 90 valence electrons. The molecule has 0 aromatic rings. The smallest absolute Gasteiger partial charge is 0.0380 e. The molecule has 0 saturated heterocycles. The fraction of sp³-hybridized carbons (Fsp3) is 0.500. The molecule has 16 heavy (non-hydrogen) atoms. The second-order valence-corrected chi connectivity index (χ2v) is 4.28. The van der Waals surface area contributed by atoms with Crippen LogP contribution in [0, 0.1) is 5.92 Å². The highest BCUT2D eigenvalue weighted by Crippen LogP contribution is 2.15. The molecule has 0 spiro atoms. The molecule has 0 bridgehead atoms. The van der Waals surface area contributed by atoms with Gasteiger partial charge in [0.1, 0.15) is 0 Å². The first-order valence-corrected chi connectivity index (χ1v) is 5.66. The number of hydrogen-bond acceptors (Lipinski definition) is 2. The van der Waals surface area contributed by atoms with Crippen molar-refractivity contribution in [1.29, 1.82) is 0 Å². The summed E-state index contributed by atoms with van der Waals surface area (Å²) in [7, 11) is 0. The predicted molar refractivity (Wildman–Crippen MR) is 73.6 cm³/mol. The number of hydrogen-bond donors (Lipinski definition) is 1. The Hall–Kier alpha value is -1.31. The lowest BCUT2D eigenvalue weighted by Gasteiger charge is -2.22.